The minimum Gasteiger partial charge on any atom is -0.496 e. The summed E-state index contributed by atoms with van der Waals surface area (Å²) < 4.78 is 5.26. The van der Waals surface area contributed by atoms with E-state index in [0.29, 0.717) is 37.2 Å². The van der Waals surface area contributed by atoms with Crippen LogP contribution in [0, 0.1) is 5.92 Å². The van der Waals surface area contributed by atoms with Crippen molar-refractivity contribution in [1.29, 1.82) is 0 Å². The van der Waals surface area contributed by atoms with Gasteiger partial charge in [0, 0.05) is 24.5 Å². The lowest BCUT2D eigenvalue weighted by Crippen LogP contribution is -2.47. The molecule has 1 aromatic rings. The number of nitrogens with one attached hydrogen (secondary N) is 1. The molecule has 2 rings (SSSR count). The zero-order valence-electron chi connectivity index (χ0n) is 14.4. The molecule has 1 saturated heterocycles. The fourth-order valence-electron chi connectivity index (χ4n) is 2.81. The zero-order chi connectivity index (χ0) is 17.0. The molecule has 0 bridgehead atoms. The molecule has 5 heteroatoms. The number of hydrogen-bond acceptors (Lipinski definition) is 3. The summed E-state index contributed by atoms with van der Waals surface area (Å²) in [5.41, 5.74) is 0.356. The van der Waals surface area contributed by atoms with Crippen molar-refractivity contribution in [2.24, 2.45) is 5.92 Å². The van der Waals surface area contributed by atoms with Crippen LogP contribution >= 0.6 is 0 Å². The van der Waals surface area contributed by atoms with Crippen molar-refractivity contribution in [3.8, 4) is 5.75 Å². The number of para-hydroxylation sites is 1. The molecule has 1 fully saturated rings. The summed E-state index contributed by atoms with van der Waals surface area (Å²) in [6.45, 7) is 7.12. The highest BCUT2D eigenvalue weighted by Gasteiger charge is 2.30. The Labute approximate surface area is 138 Å². The van der Waals surface area contributed by atoms with Gasteiger partial charge in [-0.3, -0.25) is 9.59 Å². The molecule has 0 spiro atoms. The number of carbonyl (C=O) groups excluding carboxylic acids is 2. The third-order valence-electron chi connectivity index (χ3n) is 3.99. The Morgan fingerprint density at radius 2 is 1.78 bits per heavy atom. The summed E-state index contributed by atoms with van der Waals surface area (Å²) in [6, 6.07) is 7.24. The lowest BCUT2D eigenvalue weighted by molar-refractivity contribution is -0.127. The van der Waals surface area contributed by atoms with E-state index in [4.69, 9.17) is 4.74 Å². The van der Waals surface area contributed by atoms with E-state index in [0.717, 1.165) is 0 Å². The number of nitrogens with zero attached hydrogens (tertiary/aromatic N) is 1. The van der Waals surface area contributed by atoms with Crippen LogP contribution in [-0.4, -0.2) is 42.5 Å². The van der Waals surface area contributed by atoms with Gasteiger partial charge >= 0.3 is 0 Å². The predicted octanol–water partition coefficient (Wildman–Crippen LogP) is 2.46. The number of hydrogen-bond donors (Lipinski definition) is 1. The predicted molar refractivity (Wildman–Crippen MR) is 89.5 cm³/mol. The second-order valence-electron chi connectivity index (χ2n) is 7.01. The molecule has 0 atom stereocenters. The quantitative estimate of drug-likeness (QED) is 0.931. The summed E-state index contributed by atoms with van der Waals surface area (Å²) >= 11 is 0. The Morgan fingerprint density at radius 1 is 1.17 bits per heavy atom. The standard InChI is InChI=1S/C18H26N2O3/c1-18(2,3)19-16(21)13-9-11-20(12-10-13)17(22)14-7-5-6-8-15(14)23-4/h5-8,13H,9-12H2,1-4H3,(H,19,21). The highest BCUT2D eigenvalue weighted by Crippen LogP contribution is 2.24. The molecule has 1 aromatic carbocycles. The molecule has 126 valence electrons. The van der Waals surface area contributed by atoms with E-state index in [1.165, 1.54) is 0 Å². The van der Waals surface area contributed by atoms with Gasteiger partial charge in [-0.25, -0.2) is 0 Å². The van der Waals surface area contributed by atoms with Crippen molar-refractivity contribution in [2.45, 2.75) is 39.2 Å². The first-order valence-electron chi connectivity index (χ1n) is 8.06. The fraction of sp³-hybridized carbons (Fsp3) is 0.556. The van der Waals surface area contributed by atoms with Crippen molar-refractivity contribution >= 4 is 11.8 Å². The second kappa shape index (κ2) is 7.02. The van der Waals surface area contributed by atoms with Gasteiger partial charge in [0.1, 0.15) is 5.75 Å². The van der Waals surface area contributed by atoms with Crippen molar-refractivity contribution < 1.29 is 14.3 Å². The van der Waals surface area contributed by atoms with Gasteiger partial charge in [-0.2, -0.15) is 0 Å². The molecule has 1 aliphatic heterocycles. The molecular weight excluding hydrogens is 292 g/mol. The fourth-order valence-corrected chi connectivity index (χ4v) is 2.81. The lowest BCUT2D eigenvalue weighted by Gasteiger charge is -2.33. The average Bonchev–Trinajstić information content (AvgIpc) is 2.52. The second-order valence-corrected chi connectivity index (χ2v) is 7.01. The first kappa shape index (κ1) is 17.3. The van der Waals surface area contributed by atoms with Gasteiger partial charge in [-0.1, -0.05) is 12.1 Å². The molecule has 1 aliphatic rings. The molecule has 0 saturated carbocycles. The van der Waals surface area contributed by atoms with Crippen LogP contribution in [0.3, 0.4) is 0 Å². The summed E-state index contributed by atoms with van der Waals surface area (Å²) in [7, 11) is 1.56. The smallest absolute Gasteiger partial charge is 0.257 e. The molecular formula is C18H26N2O3. The molecule has 1 N–H and O–H groups in total. The SMILES string of the molecule is COc1ccccc1C(=O)N1CCC(C(=O)NC(C)(C)C)CC1. The molecule has 5 nitrogen and oxygen atoms in total. The van der Waals surface area contributed by atoms with E-state index in [1.54, 1.807) is 24.1 Å². The van der Waals surface area contributed by atoms with Gasteiger partial charge in [-0.05, 0) is 45.7 Å². The van der Waals surface area contributed by atoms with Gasteiger partial charge in [0.05, 0.1) is 12.7 Å². The van der Waals surface area contributed by atoms with E-state index < -0.39 is 0 Å². The van der Waals surface area contributed by atoms with Crippen LogP contribution in [-0.2, 0) is 4.79 Å². The third kappa shape index (κ3) is 4.47. The van der Waals surface area contributed by atoms with Gasteiger partial charge in [-0.15, -0.1) is 0 Å². The van der Waals surface area contributed by atoms with E-state index in [-0.39, 0.29) is 23.3 Å². The lowest BCUT2D eigenvalue weighted by atomic mass is 9.94. The maximum atomic E-state index is 12.6. The maximum Gasteiger partial charge on any atom is 0.257 e. The van der Waals surface area contributed by atoms with E-state index in [2.05, 4.69) is 5.32 Å². The Bertz CT molecular complexity index is 570. The topological polar surface area (TPSA) is 58.6 Å². The van der Waals surface area contributed by atoms with Gasteiger partial charge in [0.25, 0.3) is 5.91 Å². The van der Waals surface area contributed by atoms with Crippen molar-refractivity contribution in [3.05, 3.63) is 29.8 Å². The summed E-state index contributed by atoms with van der Waals surface area (Å²) in [5, 5.41) is 3.02. The van der Waals surface area contributed by atoms with Crippen molar-refractivity contribution in [3.63, 3.8) is 0 Å². The summed E-state index contributed by atoms with van der Waals surface area (Å²) in [6.07, 6.45) is 1.39. The van der Waals surface area contributed by atoms with Gasteiger partial charge in [0.2, 0.25) is 5.91 Å². The molecule has 1 heterocycles. The first-order valence-corrected chi connectivity index (χ1v) is 8.06. The first-order chi connectivity index (χ1) is 10.8. The van der Waals surface area contributed by atoms with E-state index in [1.807, 2.05) is 32.9 Å². The number of ether oxygens (including phenoxy) is 1. The number of carbonyl (C=O) groups is 2. The molecule has 23 heavy (non-hydrogen) atoms. The largest absolute Gasteiger partial charge is 0.496 e. The number of methoxy groups -OCH3 is 1. The number of piperidine rings is 1. The Kier molecular flexibility index (Phi) is 5.29. The van der Waals surface area contributed by atoms with Crippen LogP contribution in [0.1, 0.15) is 44.0 Å². The Hall–Kier alpha value is -2.04. The van der Waals surface area contributed by atoms with Crippen molar-refractivity contribution in [2.75, 3.05) is 20.2 Å². The Morgan fingerprint density at radius 3 is 2.35 bits per heavy atom. The zero-order valence-corrected chi connectivity index (χ0v) is 14.4. The van der Waals surface area contributed by atoms with E-state index in [9.17, 15) is 9.59 Å². The number of benzene rings is 1. The van der Waals surface area contributed by atoms with Crippen LogP contribution in [0.4, 0.5) is 0 Å². The molecule has 0 unspecified atom stereocenters. The number of likely N-dealkylation sites (tertiary alicyclic amines) is 1. The minimum absolute atomic E-state index is 0.0176. The Balaban J connectivity index is 1.96. The van der Waals surface area contributed by atoms with E-state index >= 15 is 0 Å². The minimum atomic E-state index is -0.221. The highest BCUT2D eigenvalue weighted by atomic mass is 16.5. The summed E-state index contributed by atoms with van der Waals surface area (Å²) in [5.74, 6) is 0.625. The van der Waals surface area contributed by atoms with Gasteiger partial charge < -0.3 is 15.0 Å². The normalized spacial score (nSPS) is 16.1. The van der Waals surface area contributed by atoms with Crippen LogP contribution in [0.25, 0.3) is 0 Å². The third-order valence-corrected chi connectivity index (χ3v) is 3.99. The molecule has 0 aliphatic carbocycles. The molecule has 2 amide bonds. The molecule has 0 aromatic heterocycles. The number of rotatable bonds is 3. The van der Waals surface area contributed by atoms with Gasteiger partial charge in [0.15, 0.2) is 0 Å². The van der Waals surface area contributed by atoms with Crippen LogP contribution in [0.5, 0.6) is 5.75 Å². The average molecular weight is 318 g/mol. The monoisotopic (exact) mass is 318 g/mol. The molecule has 0 radical (unpaired) electrons. The van der Waals surface area contributed by atoms with Crippen LogP contribution < -0.4 is 10.1 Å². The summed E-state index contributed by atoms with van der Waals surface area (Å²) in [4.78, 5) is 26.7. The van der Waals surface area contributed by atoms with Crippen LogP contribution in [0.15, 0.2) is 24.3 Å². The van der Waals surface area contributed by atoms with Crippen molar-refractivity contribution in [1.82, 2.24) is 10.2 Å². The van der Waals surface area contributed by atoms with Crippen LogP contribution in [0.2, 0.25) is 0 Å². The highest BCUT2D eigenvalue weighted by molar-refractivity contribution is 5.97. The maximum absolute atomic E-state index is 12.6. The number of amides is 2.